The number of hydrogen-bond acceptors (Lipinski definition) is 7. The van der Waals surface area contributed by atoms with Crippen LogP contribution in [0, 0.1) is 0 Å². The standard InChI is InChI=1S/C25H22N6O4/c1-34-23-7-5-18-24(29-23)20(8-9-26-18)31-12-15-10-16(3-4-17(15)30-31)27-25(33)14-2-6-21-19(11-14)28-22(32)13-35-21/h2,5-9,11-12,16H,3-4,10,13H2,1H3,(H,27,33)(H,28,32). The fourth-order valence-corrected chi connectivity index (χ4v) is 4.54. The van der Waals surface area contributed by atoms with Crippen molar-refractivity contribution in [2.24, 2.45) is 0 Å². The lowest BCUT2D eigenvalue weighted by atomic mass is 9.93. The first-order valence-corrected chi connectivity index (χ1v) is 11.3. The van der Waals surface area contributed by atoms with Crippen molar-refractivity contribution < 1.29 is 19.1 Å². The molecule has 35 heavy (non-hydrogen) atoms. The molecule has 0 fully saturated rings. The summed E-state index contributed by atoms with van der Waals surface area (Å²) in [5.74, 6) is 0.652. The Morgan fingerprint density at radius 1 is 1.26 bits per heavy atom. The monoisotopic (exact) mass is 470 g/mol. The van der Waals surface area contributed by atoms with E-state index < -0.39 is 0 Å². The smallest absolute Gasteiger partial charge is 0.262 e. The Hall–Kier alpha value is -4.47. The minimum absolute atomic E-state index is 0.0183. The second kappa shape index (κ2) is 8.39. The molecule has 6 rings (SSSR count). The van der Waals surface area contributed by atoms with Gasteiger partial charge in [-0.2, -0.15) is 5.10 Å². The van der Waals surface area contributed by atoms with Gasteiger partial charge in [0, 0.05) is 30.1 Å². The molecule has 1 aliphatic heterocycles. The quantitative estimate of drug-likeness (QED) is 0.470. The number of ether oxygens (including phenoxy) is 2. The van der Waals surface area contributed by atoms with Gasteiger partial charge in [0.2, 0.25) is 5.88 Å². The molecule has 1 atom stereocenters. The van der Waals surface area contributed by atoms with Crippen molar-refractivity contribution in [1.29, 1.82) is 0 Å². The number of pyridine rings is 2. The van der Waals surface area contributed by atoms with Gasteiger partial charge in [-0.3, -0.25) is 14.6 Å². The number of amides is 2. The molecule has 0 spiro atoms. The van der Waals surface area contributed by atoms with Crippen LogP contribution in [-0.2, 0) is 17.6 Å². The van der Waals surface area contributed by atoms with Crippen molar-refractivity contribution in [1.82, 2.24) is 25.1 Å². The van der Waals surface area contributed by atoms with Crippen molar-refractivity contribution in [3.63, 3.8) is 0 Å². The van der Waals surface area contributed by atoms with E-state index in [9.17, 15) is 9.59 Å². The number of carbonyl (C=O) groups excluding carboxylic acids is 2. The molecule has 1 aromatic carbocycles. The molecule has 176 valence electrons. The predicted molar refractivity (Wildman–Crippen MR) is 127 cm³/mol. The molecule has 0 radical (unpaired) electrons. The van der Waals surface area contributed by atoms with Crippen molar-refractivity contribution in [3.05, 3.63) is 65.6 Å². The zero-order chi connectivity index (χ0) is 23.9. The Labute approximate surface area is 200 Å². The zero-order valence-corrected chi connectivity index (χ0v) is 18.9. The van der Waals surface area contributed by atoms with Crippen LogP contribution >= 0.6 is 0 Å². The van der Waals surface area contributed by atoms with Crippen molar-refractivity contribution >= 4 is 28.5 Å². The Morgan fingerprint density at radius 2 is 2.17 bits per heavy atom. The van der Waals surface area contributed by atoms with Crippen LogP contribution in [-0.4, -0.2) is 51.3 Å². The summed E-state index contributed by atoms with van der Waals surface area (Å²) >= 11 is 0. The minimum Gasteiger partial charge on any atom is -0.482 e. The molecule has 1 aliphatic carbocycles. The van der Waals surface area contributed by atoms with Crippen LogP contribution in [0.4, 0.5) is 5.69 Å². The number of nitrogens with one attached hydrogen (secondary N) is 2. The molecule has 0 saturated heterocycles. The van der Waals surface area contributed by atoms with E-state index >= 15 is 0 Å². The summed E-state index contributed by atoms with van der Waals surface area (Å²) in [4.78, 5) is 33.5. The number of nitrogens with zero attached hydrogens (tertiary/aromatic N) is 4. The molecule has 10 nitrogen and oxygen atoms in total. The van der Waals surface area contributed by atoms with Gasteiger partial charge >= 0.3 is 0 Å². The normalized spacial score (nSPS) is 16.6. The molecular formula is C25H22N6O4. The van der Waals surface area contributed by atoms with Crippen LogP contribution in [0.15, 0.2) is 48.8 Å². The Balaban J connectivity index is 1.21. The Bertz CT molecular complexity index is 1480. The van der Waals surface area contributed by atoms with Gasteiger partial charge in [0.05, 0.1) is 29.7 Å². The fraction of sp³-hybridized carbons (Fsp3) is 0.240. The lowest BCUT2D eigenvalue weighted by Gasteiger charge is -2.23. The summed E-state index contributed by atoms with van der Waals surface area (Å²) in [6, 6.07) is 10.6. The van der Waals surface area contributed by atoms with Crippen LogP contribution < -0.4 is 20.1 Å². The average molecular weight is 470 g/mol. The van der Waals surface area contributed by atoms with E-state index in [0.29, 0.717) is 34.8 Å². The summed E-state index contributed by atoms with van der Waals surface area (Å²) in [5, 5.41) is 10.7. The summed E-state index contributed by atoms with van der Waals surface area (Å²) < 4.78 is 12.5. The second-order valence-electron chi connectivity index (χ2n) is 8.56. The molecule has 10 heteroatoms. The van der Waals surface area contributed by atoms with E-state index in [2.05, 4.69) is 20.6 Å². The van der Waals surface area contributed by atoms with Crippen LogP contribution in [0.2, 0.25) is 0 Å². The second-order valence-corrected chi connectivity index (χ2v) is 8.56. The number of methoxy groups -OCH3 is 1. The first-order chi connectivity index (χ1) is 17.1. The maximum atomic E-state index is 12.9. The number of benzene rings is 1. The number of hydrogen-bond donors (Lipinski definition) is 2. The number of aryl methyl sites for hydroxylation is 1. The van der Waals surface area contributed by atoms with Crippen LogP contribution in [0.25, 0.3) is 16.7 Å². The molecule has 2 N–H and O–H groups in total. The summed E-state index contributed by atoms with van der Waals surface area (Å²) in [6.45, 7) is -0.0183. The number of fused-ring (bicyclic) bond motifs is 3. The fourth-order valence-electron chi connectivity index (χ4n) is 4.54. The number of rotatable bonds is 4. The highest BCUT2D eigenvalue weighted by atomic mass is 16.5. The highest BCUT2D eigenvalue weighted by Crippen LogP contribution is 2.29. The first-order valence-electron chi connectivity index (χ1n) is 11.3. The molecule has 2 aliphatic rings. The topological polar surface area (TPSA) is 120 Å². The van der Waals surface area contributed by atoms with Crippen molar-refractivity contribution in [2.45, 2.75) is 25.3 Å². The minimum atomic E-state index is -0.234. The summed E-state index contributed by atoms with van der Waals surface area (Å²) in [7, 11) is 1.58. The van der Waals surface area contributed by atoms with Crippen molar-refractivity contribution in [2.75, 3.05) is 19.0 Å². The molecule has 0 bridgehead atoms. The molecule has 1 unspecified atom stereocenters. The highest BCUT2D eigenvalue weighted by molar-refractivity contribution is 6.00. The van der Waals surface area contributed by atoms with Crippen LogP contribution in [0.5, 0.6) is 11.6 Å². The molecule has 0 saturated carbocycles. The summed E-state index contributed by atoms with van der Waals surface area (Å²) in [6.07, 6.45) is 5.94. The summed E-state index contributed by atoms with van der Waals surface area (Å²) in [5.41, 5.74) is 5.36. The van der Waals surface area contributed by atoms with Gasteiger partial charge < -0.3 is 20.1 Å². The zero-order valence-electron chi connectivity index (χ0n) is 18.9. The van der Waals surface area contributed by atoms with Crippen molar-refractivity contribution in [3.8, 4) is 17.3 Å². The largest absolute Gasteiger partial charge is 0.482 e. The van der Waals surface area contributed by atoms with E-state index in [0.717, 1.165) is 35.3 Å². The third kappa shape index (κ3) is 3.92. The Morgan fingerprint density at radius 3 is 3.06 bits per heavy atom. The van der Waals surface area contributed by atoms with Crippen LogP contribution in [0.1, 0.15) is 28.0 Å². The van der Waals surface area contributed by atoms with Gasteiger partial charge in [-0.15, -0.1) is 0 Å². The lowest BCUT2D eigenvalue weighted by Crippen LogP contribution is -2.38. The number of aromatic nitrogens is 4. The van der Waals surface area contributed by atoms with E-state index in [-0.39, 0.29) is 24.5 Å². The van der Waals surface area contributed by atoms with E-state index in [4.69, 9.17) is 14.6 Å². The maximum absolute atomic E-state index is 12.9. The molecule has 2 amide bonds. The van der Waals surface area contributed by atoms with Gasteiger partial charge in [0.25, 0.3) is 11.8 Å². The van der Waals surface area contributed by atoms with E-state index in [1.807, 2.05) is 23.0 Å². The van der Waals surface area contributed by atoms with Gasteiger partial charge in [-0.05, 0) is 55.2 Å². The van der Waals surface area contributed by atoms with Gasteiger partial charge in [-0.25, -0.2) is 9.67 Å². The number of anilines is 1. The predicted octanol–water partition coefficient (Wildman–Crippen LogP) is 2.44. The highest BCUT2D eigenvalue weighted by Gasteiger charge is 2.25. The van der Waals surface area contributed by atoms with Gasteiger partial charge in [-0.1, -0.05) is 0 Å². The molecule has 4 aromatic rings. The third-order valence-corrected chi connectivity index (χ3v) is 6.28. The first kappa shape index (κ1) is 21.1. The molecular weight excluding hydrogens is 448 g/mol. The lowest BCUT2D eigenvalue weighted by molar-refractivity contribution is -0.118. The SMILES string of the molecule is COc1ccc2nccc(-n3cc4c(n3)CCC(NC(=O)c3ccc5c(c3)NC(=O)CO5)C4)c2n1. The Kier molecular flexibility index (Phi) is 5.05. The number of carbonyl (C=O) groups is 2. The van der Waals surface area contributed by atoms with Gasteiger partial charge in [0.1, 0.15) is 11.3 Å². The van der Waals surface area contributed by atoms with Gasteiger partial charge in [0.15, 0.2) is 6.61 Å². The van der Waals surface area contributed by atoms with E-state index in [1.165, 1.54) is 0 Å². The molecule has 3 aromatic heterocycles. The van der Waals surface area contributed by atoms with E-state index in [1.54, 1.807) is 37.6 Å². The van der Waals surface area contributed by atoms with Crippen LogP contribution in [0.3, 0.4) is 0 Å². The average Bonchev–Trinajstić information content (AvgIpc) is 3.30. The maximum Gasteiger partial charge on any atom is 0.262 e. The molecule has 4 heterocycles. The third-order valence-electron chi connectivity index (χ3n) is 6.28.